The number of sulfonamides is 1. The van der Waals surface area contributed by atoms with Crippen molar-refractivity contribution >= 4 is 27.0 Å². The minimum absolute atomic E-state index is 0.0385. The van der Waals surface area contributed by atoms with E-state index < -0.39 is 15.8 Å². The molecular weight excluding hydrogens is 365 g/mol. The van der Waals surface area contributed by atoms with Gasteiger partial charge in [-0.2, -0.15) is 5.10 Å². The largest absolute Gasteiger partial charge is 0.471 e. The zero-order valence-electron chi connectivity index (χ0n) is 13.6. The molecule has 0 amide bonds. The van der Waals surface area contributed by atoms with Crippen molar-refractivity contribution in [2.75, 3.05) is 4.72 Å². The molecular formula is C16H16FN3O3S2. The molecule has 0 saturated carbocycles. The van der Waals surface area contributed by atoms with E-state index in [4.69, 9.17) is 4.74 Å². The predicted molar refractivity (Wildman–Crippen MR) is 93.9 cm³/mol. The van der Waals surface area contributed by atoms with Crippen LogP contribution in [0.15, 0.2) is 46.0 Å². The molecule has 0 saturated heterocycles. The Bertz CT molecular complexity index is 982. The van der Waals surface area contributed by atoms with Gasteiger partial charge in [0.05, 0.1) is 17.1 Å². The van der Waals surface area contributed by atoms with Crippen LogP contribution in [-0.2, 0) is 16.8 Å². The molecule has 0 fully saturated rings. The average Bonchev–Trinajstić information content (AvgIpc) is 3.18. The van der Waals surface area contributed by atoms with Crippen LogP contribution < -0.4 is 9.46 Å². The van der Waals surface area contributed by atoms with Gasteiger partial charge in [0.1, 0.15) is 15.8 Å². The number of benzene rings is 1. The van der Waals surface area contributed by atoms with Crippen molar-refractivity contribution in [3.05, 3.63) is 59.0 Å². The quantitative estimate of drug-likeness (QED) is 0.709. The van der Waals surface area contributed by atoms with E-state index in [0.717, 1.165) is 11.3 Å². The van der Waals surface area contributed by atoms with Gasteiger partial charge in [-0.1, -0.05) is 12.1 Å². The number of ether oxygens (including phenoxy) is 1. The number of rotatable bonds is 6. The summed E-state index contributed by atoms with van der Waals surface area (Å²) in [4.78, 5) is 0. The van der Waals surface area contributed by atoms with Crippen LogP contribution in [0, 0.1) is 19.7 Å². The smallest absolute Gasteiger partial charge is 0.271 e. The van der Waals surface area contributed by atoms with Gasteiger partial charge in [0.2, 0.25) is 0 Å². The minimum atomic E-state index is -3.65. The summed E-state index contributed by atoms with van der Waals surface area (Å²) >= 11 is 1.14. The number of aryl methyl sites for hydroxylation is 1. The Balaban J connectivity index is 1.79. The molecule has 0 spiro atoms. The van der Waals surface area contributed by atoms with Gasteiger partial charge in [-0.15, -0.1) is 11.3 Å². The average molecular weight is 381 g/mol. The van der Waals surface area contributed by atoms with Crippen molar-refractivity contribution in [3.8, 4) is 5.75 Å². The third-order valence-electron chi connectivity index (χ3n) is 3.53. The number of anilines is 1. The first-order valence-electron chi connectivity index (χ1n) is 7.35. The van der Waals surface area contributed by atoms with Crippen LogP contribution in [0.5, 0.6) is 5.75 Å². The van der Waals surface area contributed by atoms with E-state index in [9.17, 15) is 12.8 Å². The Labute approximate surface area is 148 Å². The Morgan fingerprint density at radius 3 is 2.76 bits per heavy atom. The zero-order chi connectivity index (χ0) is 18.0. The predicted octanol–water partition coefficient (Wildman–Crippen LogP) is 3.54. The van der Waals surface area contributed by atoms with Gasteiger partial charge < -0.3 is 4.74 Å². The fourth-order valence-electron chi connectivity index (χ4n) is 2.26. The molecule has 0 bridgehead atoms. The lowest BCUT2D eigenvalue weighted by molar-refractivity contribution is 0.217. The van der Waals surface area contributed by atoms with Crippen molar-refractivity contribution in [1.82, 2.24) is 9.78 Å². The maximum atomic E-state index is 13.2. The number of thiophene rings is 1. The first-order chi connectivity index (χ1) is 11.9. The van der Waals surface area contributed by atoms with Crippen LogP contribution in [0.4, 0.5) is 10.1 Å². The number of hydrogen-bond acceptors (Lipinski definition) is 5. The fourth-order valence-corrected chi connectivity index (χ4v) is 4.43. The molecule has 132 valence electrons. The zero-order valence-corrected chi connectivity index (χ0v) is 15.2. The van der Waals surface area contributed by atoms with E-state index >= 15 is 0 Å². The lowest BCUT2D eigenvalue weighted by Gasteiger charge is -2.09. The highest BCUT2D eigenvalue weighted by Crippen LogP contribution is 2.25. The van der Waals surface area contributed by atoms with Gasteiger partial charge >= 0.3 is 0 Å². The van der Waals surface area contributed by atoms with Gasteiger partial charge in [-0.05, 0) is 37.4 Å². The number of hydrogen-bond donors (Lipinski definition) is 1. The molecule has 0 aliphatic heterocycles. The van der Waals surface area contributed by atoms with Crippen molar-refractivity contribution in [2.45, 2.75) is 24.8 Å². The molecule has 25 heavy (non-hydrogen) atoms. The lowest BCUT2D eigenvalue weighted by Crippen LogP contribution is -2.13. The van der Waals surface area contributed by atoms with Gasteiger partial charge in [0.15, 0.2) is 6.73 Å². The molecule has 3 rings (SSSR count). The summed E-state index contributed by atoms with van der Waals surface area (Å²) in [6.07, 6.45) is 0. The highest BCUT2D eigenvalue weighted by atomic mass is 32.2. The van der Waals surface area contributed by atoms with Crippen molar-refractivity contribution in [2.24, 2.45) is 0 Å². The van der Waals surface area contributed by atoms with E-state index in [0.29, 0.717) is 22.8 Å². The molecule has 0 aliphatic carbocycles. The van der Waals surface area contributed by atoms with Crippen LogP contribution in [0.3, 0.4) is 0 Å². The monoisotopic (exact) mass is 381 g/mol. The number of nitrogens with one attached hydrogen (secondary N) is 1. The highest BCUT2D eigenvalue weighted by molar-refractivity contribution is 7.94. The molecule has 1 N–H and O–H groups in total. The second-order valence-electron chi connectivity index (χ2n) is 5.31. The van der Waals surface area contributed by atoms with Gasteiger partial charge in [0.25, 0.3) is 10.0 Å². The third kappa shape index (κ3) is 3.83. The molecule has 0 aliphatic rings. The standard InChI is InChI=1S/C16H16FN3O3S2/c1-11-16(19-25(21,22)15-7-4-8-24-15)12(2)20(18-11)10-23-14-6-3-5-13(17)9-14/h3-9,19H,10H2,1-2H3. The molecule has 1 aromatic carbocycles. The molecule has 3 aromatic rings. The van der Waals surface area contributed by atoms with Crippen LogP contribution in [0.2, 0.25) is 0 Å². The van der Waals surface area contributed by atoms with E-state index in [-0.39, 0.29) is 10.9 Å². The molecule has 0 atom stereocenters. The van der Waals surface area contributed by atoms with Crippen molar-refractivity contribution in [1.29, 1.82) is 0 Å². The van der Waals surface area contributed by atoms with Gasteiger partial charge in [0, 0.05) is 6.07 Å². The molecule has 9 heteroatoms. The summed E-state index contributed by atoms with van der Waals surface area (Å²) in [7, 11) is -3.65. The summed E-state index contributed by atoms with van der Waals surface area (Å²) in [5.41, 5.74) is 1.55. The topological polar surface area (TPSA) is 73.2 Å². The first kappa shape index (κ1) is 17.4. The lowest BCUT2D eigenvalue weighted by atomic mass is 10.3. The third-order valence-corrected chi connectivity index (χ3v) is 6.27. The Kier molecular flexibility index (Phi) is 4.78. The van der Waals surface area contributed by atoms with Gasteiger partial charge in [-0.3, -0.25) is 4.72 Å². The summed E-state index contributed by atoms with van der Waals surface area (Å²) in [5, 5.41) is 5.99. The van der Waals surface area contributed by atoms with E-state index in [1.807, 2.05) is 0 Å². The Morgan fingerprint density at radius 2 is 2.08 bits per heavy atom. The molecule has 0 radical (unpaired) electrons. The summed E-state index contributed by atoms with van der Waals surface area (Å²) < 4.78 is 47.8. The number of nitrogens with zero attached hydrogens (tertiary/aromatic N) is 2. The maximum Gasteiger partial charge on any atom is 0.271 e. The van der Waals surface area contributed by atoms with Crippen LogP contribution >= 0.6 is 11.3 Å². The molecule has 2 aromatic heterocycles. The van der Waals surface area contributed by atoms with Crippen LogP contribution in [0.1, 0.15) is 11.4 Å². The highest BCUT2D eigenvalue weighted by Gasteiger charge is 2.20. The van der Waals surface area contributed by atoms with E-state index in [2.05, 4.69) is 9.82 Å². The first-order valence-corrected chi connectivity index (χ1v) is 9.72. The second kappa shape index (κ2) is 6.85. The molecule has 2 heterocycles. The maximum absolute atomic E-state index is 13.2. The van der Waals surface area contributed by atoms with Crippen LogP contribution in [-0.4, -0.2) is 18.2 Å². The normalized spacial score (nSPS) is 11.5. The number of halogens is 1. The Hall–Kier alpha value is -2.39. The fraction of sp³-hybridized carbons (Fsp3) is 0.188. The second-order valence-corrected chi connectivity index (χ2v) is 8.17. The molecule has 0 unspecified atom stereocenters. The van der Waals surface area contributed by atoms with Gasteiger partial charge in [-0.25, -0.2) is 17.5 Å². The molecule has 6 nitrogen and oxygen atoms in total. The Morgan fingerprint density at radius 1 is 1.28 bits per heavy atom. The van der Waals surface area contributed by atoms with Crippen LogP contribution in [0.25, 0.3) is 0 Å². The summed E-state index contributed by atoms with van der Waals surface area (Å²) in [6.45, 7) is 3.48. The van der Waals surface area contributed by atoms with E-state index in [1.54, 1.807) is 37.4 Å². The van der Waals surface area contributed by atoms with Crippen molar-refractivity contribution < 1.29 is 17.5 Å². The SMILES string of the molecule is Cc1nn(COc2cccc(F)c2)c(C)c1NS(=O)(=O)c1cccs1. The summed E-state index contributed by atoms with van der Waals surface area (Å²) in [6, 6.07) is 8.99. The minimum Gasteiger partial charge on any atom is -0.471 e. The van der Waals surface area contributed by atoms with Crippen molar-refractivity contribution in [3.63, 3.8) is 0 Å². The number of aromatic nitrogens is 2. The summed E-state index contributed by atoms with van der Waals surface area (Å²) in [5.74, 6) is -0.0245. The van der Waals surface area contributed by atoms with E-state index in [1.165, 1.54) is 22.9 Å².